The second-order valence-electron chi connectivity index (χ2n) is 4.41. The Balaban J connectivity index is 1.64. The van der Waals surface area contributed by atoms with Crippen LogP contribution in [-0.2, 0) is 5.75 Å². The van der Waals surface area contributed by atoms with Crippen LogP contribution < -0.4 is 10.6 Å². The molecule has 22 heavy (non-hydrogen) atoms. The highest BCUT2D eigenvalue weighted by Crippen LogP contribution is 2.24. The molecule has 1 heterocycles. The van der Waals surface area contributed by atoms with Crippen LogP contribution in [0.15, 0.2) is 42.7 Å². The first-order valence-corrected chi connectivity index (χ1v) is 8.93. The molecule has 0 aliphatic carbocycles. The van der Waals surface area contributed by atoms with E-state index in [1.165, 1.54) is 0 Å². The number of nitrogens with zero attached hydrogens (tertiary/aromatic N) is 1. The Morgan fingerprint density at radius 2 is 1.95 bits per heavy atom. The number of pyridine rings is 1. The van der Waals surface area contributed by atoms with Gasteiger partial charge in [-0.05, 0) is 42.0 Å². The third-order valence-electron chi connectivity index (χ3n) is 2.74. The predicted molar refractivity (Wildman–Crippen MR) is 101 cm³/mol. The van der Waals surface area contributed by atoms with Crippen molar-refractivity contribution < 1.29 is 0 Å². The first-order chi connectivity index (χ1) is 10.6. The van der Waals surface area contributed by atoms with Crippen molar-refractivity contribution in [2.75, 3.05) is 17.6 Å². The van der Waals surface area contributed by atoms with Crippen molar-refractivity contribution in [3.63, 3.8) is 0 Å². The molecule has 116 valence electrons. The number of nitrogens with one attached hydrogen (secondary N) is 2. The maximum atomic E-state index is 6.13. The summed E-state index contributed by atoms with van der Waals surface area (Å²) in [4.78, 5) is 3.95. The average molecular weight is 372 g/mol. The van der Waals surface area contributed by atoms with E-state index in [0.29, 0.717) is 15.2 Å². The summed E-state index contributed by atoms with van der Waals surface area (Å²) < 4.78 is 0. The molecule has 0 fully saturated rings. The van der Waals surface area contributed by atoms with Crippen molar-refractivity contribution in [3.8, 4) is 0 Å². The summed E-state index contributed by atoms with van der Waals surface area (Å²) in [7, 11) is 0. The quantitative estimate of drug-likeness (QED) is 0.572. The van der Waals surface area contributed by atoms with E-state index in [1.54, 1.807) is 30.2 Å². The fourth-order valence-electron chi connectivity index (χ4n) is 1.67. The third kappa shape index (κ3) is 6.01. The number of aromatic nitrogens is 1. The summed E-state index contributed by atoms with van der Waals surface area (Å²) in [6.45, 7) is 0.785. The molecule has 1 aromatic heterocycles. The standard InChI is InChI=1S/C15H15Cl2N3S2/c16-12-2-1-11(14(17)9-12)10-22-8-7-19-15(21)20-13-3-5-18-6-4-13/h1-6,9H,7-8,10H2,(H2,18,19,20,21). The van der Waals surface area contributed by atoms with Crippen LogP contribution in [0.1, 0.15) is 5.56 Å². The monoisotopic (exact) mass is 371 g/mol. The van der Waals surface area contributed by atoms with Crippen LogP contribution in [0.3, 0.4) is 0 Å². The fraction of sp³-hybridized carbons (Fsp3) is 0.200. The van der Waals surface area contributed by atoms with Crippen LogP contribution in [0.2, 0.25) is 10.0 Å². The summed E-state index contributed by atoms with van der Waals surface area (Å²) in [5.74, 6) is 1.78. The predicted octanol–water partition coefficient (Wildman–Crippen LogP) is 4.61. The fourth-order valence-corrected chi connectivity index (χ4v) is 3.30. The van der Waals surface area contributed by atoms with Gasteiger partial charge in [-0.25, -0.2) is 0 Å². The Bertz CT molecular complexity index is 623. The Hall–Kier alpha value is -1.01. The minimum atomic E-state index is 0.608. The maximum absolute atomic E-state index is 6.13. The third-order valence-corrected chi connectivity index (χ3v) is 4.58. The van der Waals surface area contributed by atoms with E-state index in [1.807, 2.05) is 24.3 Å². The lowest BCUT2D eigenvalue weighted by atomic mass is 10.2. The molecule has 0 atom stereocenters. The molecule has 0 aliphatic rings. The number of halogens is 2. The molecule has 0 amide bonds. The molecule has 0 bridgehead atoms. The first-order valence-electron chi connectivity index (χ1n) is 6.61. The van der Waals surface area contributed by atoms with Crippen LogP contribution in [0.4, 0.5) is 5.69 Å². The lowest BCUT2D eigenvalue weighted by molar-refractivity contribution is 0.989. The Morgan fingerprint density at radius 3 is 2.68 bits per heavy atom. The van der Waals surface area contributed by atoms with E-state index in [9.17, 15) is 0 Å². The second kappa shape index (κ2) is 9.20. The highest BCUT2D eigenvalue weighted by Gasteiger charge is 2.02. The van der Waals surface area contributed by atoms with E-state index < -0.39 is 0 Å². The first kappa shape index (κ1) is 17.3. The largest absolute Gasteiger partial charge is 0.362 e. The summed E-state index contributed by atoms with van der Waals surface area (Å²) >= 11 is 19.0. The van der Waals surface area contributed by atoms with Gasteiger partial charge in [-0.1, -0.05) is 29.3 Å². The molecule has 0 spiro atoms. The van der Waals surface area contributed by atoms with Crippen LogP contribution in [-0.4, -0.2) is 22.4 Å². The molecule has 0 saturated carbocycles. The van der Waals surface area contributed by atoms with E-state index in [4.69, 9.17) is 35.4 Å². The Labute approximate surface area is 149 Å². The van der Waals surface area contributed by atoms with Crippen molar-refractivity contribution in [1.29, 1.82) is 0 Å². The summed E-state index contributed by atoms with van der Waals surface area (Å²) in [5, 5.41) is 8.25. The van der Waals surface area contributed by atoms with Gasteiger partial charge in [0.25, 0.3) is 0 Å². The average Bonchev–Trinajstić information content (AvgIpc) is 2.50. The Kier molecular flexibility index (Phi) is 7.25. The normalized spacial score (nSPS) is 10.3. The molecule has 0 unspecified atom stereocenters. The molecule has 2 aromatic rings. The zero-order chi connectivity index (χ0) is 15.8. The number of anilines is 1. The van der Waals surface area contributed by atoms with Crippen LogP contribution >= 0.6 is 47.2 Å². The molecule has 2 N–H and O–H groups in total. The number of hydrogen-bond donors (Lipinski definition) is 2. The van der Waals surface area contributed by atoms with Gasteiger partial charge in [0, 0.05) is 46.2 Å². The number of thiocarbonyl (C=S) groups is 1. The SMILES string of the molecule is S=C(NCCSCc1ccc(Cl)cc1Cl)Nc1ccncc1. The molecular formula is C15H15Cl2N3S2. The van der Waals surface area contributed by atoms with Crippen molar-refractivity contribution in [1.82, 2.24) is 10.3 Å². The number of rotatable bonds is 6. The van der Waals surface area contributed by atoms with Gasteiger partial charge in [0.1, 0.15) is 0 Å². The molecule has 0 saturated heterocycles. The molecule has 0 radical (unpaired) electrons. The second-order valence-corrected chi connectivity index (χ2v) is 6.76. The van der Waals surface area contributed by atoms with Crippen molar-refractivity contribution in [2.24, 2.45) is 0 Å². The summed E-state index contributed by atoms with van der Waals surface area (Å²) in [6, 6.07) is 9.32. The van der Waals surface area contributed by atoms with Gasteiger partial charge in [-0.2, -0.15) is 11.8 Å². The topological polar surface area (TPSA) is 37.0 Å². The van der Waals surface area contributed by atoms with Gasteiger partial charge < -0.3 is 10.6 Å². The number of benzene rings is 1. The molecule has 0 aliphatic heterocycles. The smallest absolute Gasteiger partial charge is 0.170 e. The zero-order valence-corrected chi connectivity index (χ0v) is 14.8. The zero-order valence-electron chi connectivity index (χ0n) is 11.7. The van der Waals surface area contributed by atoms with E-state index in [-0.39, 0.29) is 0 Å². The lowest BCUT2D eigenvalue weighted by Gasteiger charge is -2.10. The lowest BCUT2D eigenvalue weighted by Crippen LogP contribution is -2.30. The van der Waals surface area contributed by atoms with Gasteiger partial charge in [0.15, 0.2) is 5.11 Å². The van der Waals surface area contributed by atoms with Crippen LogP contribution in [0.25, 0.3) is 0 Å². The molecule has 3 nitrogen and oxygen atoms in total. The number of hydrogen-bond acceptors (Lipinski definition) is 3. The minimum Gasteiger partial charge on any atom is -0.362 e. The van der Waals surface area contributed by atoms with Gasteiger partial charge >= 0.3 is 0 Å². The van der Waals surface area contributed by atoms with Gasteiger partial charge in [0.05, 0.1) is 0 Å². The van der Waals surface area contributed by atoms with E-state index >= 15 is 0 Å². The van der Waals surface area contributed by atoms with Gasteiger partial charge in [-0.3, -0.25) is 4.98 Å². The van der Waals surface area contributed by atoms with Gasteiger partial charge in [-0.15, -0.1) is 0 Å². The molecule has 7 heteroatoms. The van der Waals surface area contributed by atoms with Crippen molar-refractivity contribution >= 4 is 58.0 Å². The molecule has 2 rings (SSSR count). The molecular weight excluding hydrogens is 357 g/mol. The minimum absolute atomic E-state index is 0.608. The van der Waals surface area contributed by atoms with E-state index in [0.717, 1.165) is 29.3 Å². The van der Waals surface area contributed by atoms with Crippen molar-refractivity contribution in [2.45, 2.75) is 5.75 Å². The van der Waals surface area contributed by atoms with Crippen LogP contribution in [0, 0.1) is 0 Å². The summed E-state index contributed by atoms with van der Waals surface area (Å²) in [5.41, 5.74) is 2.02. The highest BCUT2D eigenvalue weighted by molar-refractivity contribution is 7.98. The van der Waals surface area contributed by atoms with E-state index in [2.05, 4.69) is 15.6 Å². The van der Waals surface area contributed by atoms with Gasteiger partial charge in [0.2, 0.25) is 0 Å². The van der Waals surface area contributed by atoms with Crippen molar-refractivity contribution in [3.05, 3.63) is 58.3 Å². The highest BCUT2D eigenvalue weighted by atomic mass is 35.5. The van der Waals surface area contributed by atoms with Crippen LogP contribution in [0.5, 0.6) is 0 Å². The maximum Gasteiger partial charge on any atom is 0.170 e. The Morgan fingerprint density at radius 1 is 1.18 bits per heavy atom. The number of thioether (sulfide) groups is 1. The molecule has 1 aromatic carbocycles. The summed E-state index contributed by atoms with van der Waals surface area (Å²) in [6.07, 6.45) is 3.44.